The fourth-order valence-electron chi connectivity index (χ4n) is 3.47. The van der Waals surface area contributed by atoms with Crippen molar-refractivity contribution in [2.24, 2.45) is 0 Å². The summed E-state index contributed by atoms with van der Waals surface area (Å²) in [7, 11) is 0. The number of nitrogens with zero attached hydrogens (tertiary/aromatic N) is 1. The number of hydrogen-bond donors (Lipinski definition) is 1. The highest BCUT2D eigenvalue weighted by atomic mass is 19.1. The van der Waals surface area contributed by atoms with E-state index in [0.717, 1.165) is 10.5 Å². The molecular weight excluding hydrogens is 395 g/mol. The Hall–Kier alpha value is -3.93. The second-order valence-electron chi connectivity index (χ2n) is 7.10. The lowest BCUT2D eigenvalue weighted by Crippen LogP contribution is -2.32. The Kier molecular flexibility index (Phi) is 5.54. The second-order valence-corrected chi connectivity index (χ2v) is 7.10. The first-order valence-electron chi connectivity index (χ1n) is 9.94. The van der Waals surface area contributed by atoms with Crippen LogP contribution >= 0.6 is 0 Å². The fraction of sp³-hybridized carbons (Fsp3) is 0.120. The van der Waals surface area contributed by atoms with E-state index in [-0.39, 0.29) is 17.0 Å². The van der Waals surface area contributed by atoms with E-state index < -0.39 is 17.6 Å². The molecule has 1 N–H and O–H groups in total. The third kappa shape index (κ3) is 3.92. The Bertz CT molecular complexity index is 1190. The largest absolute Gasteiger partial charge is 0.492 e. The van der Waals surface area contributed by atoms with E-state index in [2.05, 4.69) is 5.32 Å². The summed E-state index contributed by atoms with van der Waals surface area (Å²) in [5.74, 6) is -1.04. The Morgan fingerprint density at radius 3 is 2.39 bits per heavy atom. The normalized spacial score (nSPS) is 13.7. The first-order valence-corrected chi connectivity index (χ1v) is 9.94. The van der Waals surface area contributed by atoms with Gasteiger partial charge in [0.05, 0.1) is 23.6 Å². The summed E-state index contributed by atoms with van der Waals surface area (Å²) < 4.78 is 19.5. The summed E-state index contributed by atoms with van der Waals surface area (Å²) in [6.07, 6.45) is 0. The van der Waals surface area contributed by atoms with E-state index in [0.29, 0.717) is 23.6 Å². The molecule has 0 spiro atoms. The SMILES string of the molecule is CCOc1ccccc1NC1=C(c2ccc(C)cc2)C(=O)N(c2cccc(F)c2)C1=O. The summed E-state index contributed by atoms with van der Waals surface area (Å²) in [5.41, 5.74) is 2.70. The lowest BCUT2D eigenvalue weighted by molar-refractivity contribution is -0.120. The minimum Gasteiger partial charge on any atom is -0.492 e. The molecule has 2 amide bonds. The summed E-state index contributed by atoms with van der Waals surface area (Å²) >= 11 is 0. The van der Waals surface area contributed by atoms with Gasteiger partial charge in [0.15, 0.2) is 0 Å². The zero-order valence-corrected chi connectivity index (χ0v) is 17.2. The van der Waals surface area contributed by atoms with E-state index in [1.54, 1.807) is 24.3 Å². The number of benzene rings is 3. The smallest absolute Gasteiger partial charge is 0.282 e. The van der Waals surface area contributed by atoms with Gasteiger partial charge in [-0.2, -0.15) is 0 Å². The molecule has 0 atom stereocenters. The second kappa shape index (κ2) is 8.44. The lowest BCUT2D eigenvalue weighted by Gasteiger charge is -2.16. The van der Waals surface area contributed by atoms with Gasteiger partial charge in [0.25, 0.3) is 11.8 Å². The maximum absolute atomic E-state index is 13.8. The zero-order chi connectivity index (χ0) is 22.0. The first-order chi connectivity index (χ1) is 15.0. The molecule has 0 saturated heterocycles. The average Bonchev–Trinajstić information content (AvgIpc) is 3.00. The molecule has 0 bridgehead atoms. The molecule has 5 nitrogen and oxygen atoms in total. The molecule has 1 aliphatic rings. The quantitative estimate of drug-likeness (QED) is 0.579. The van der Waals surface area contributed by atoms with E-state index in [9.17, 15) is 14.0 Å². The number of imide groups is 1. The lowest BCUT2D eigenvalue weighted by atomic mass is 10.0. The summed E-state index contributed by atoms with van der Waals surface area (Å²) in [4.78, 5) is 27.7. The topological polar surface area (TPSA) is 58.6 Å². The number of carbonyl (C=O) groups is 2. The summed E-state index contributed by atoms with van der Waals surface area (Å²) in [5, 5.41) is 3.10. The molecule has 0 radical (unpaired) electrons. The van der Waals surface area contributed by atoms with Gasteiger partial charge in [0.1, 0.15) is 17.3 Å². The first kappa shape index (κ1) is 20.3. The van der Waals surface area contributed by atoms with Crippen molar-refractivity contribution in [3.05, 3.63) is 95.4 Å². The molecule has 0 aromatic heterocycles. The van der Waals surface area contributed by atoms with Gasteiger partial charge in [-0.15, -0.1) is 0 Å². The minimum atomic E-state index is -0.558. The standard InChI is InChI=1S/C25H21FN2O3/c1-3-31-21-10-5-4-9-20(21)27-23-22(17-13-11-16(2)12-14-17)24(29)28(25(23)30)19-8-6-7-18(26)15-19/h4-15,27H,3H2,1-2H3. The summed E-state index contributed by atoms with van der Waals surface area (Å²) in [6, 6.07) is 19.9. The maximum Gasteiger partial charge on any atom is 0.282 e. The van der Waals surface area contributed by atoms with E-state index in [1.165, 1.54) is 24.3 Å². The van der Waals surface area contributed by atoms with Crippen molar-refractivity contribution >= 4 is 28.8 Å². The van der Waals surface area contributed by atoms with Crippen LogP contribution in [0.1, 0.15) is 18.1 Å². The fourth-order valence-corrected chi connectivity index (χ4v) is 3.47. The number of aryl methyl sites for hydroxylation is 1. The third-order valence-electron chi connectivity index (χ3n) is 4.94. The number of ether oxygens (including phenoxy) is 1. The minimum absolute atomic E-state index is 0.116. The van der Waals surface area contributed by atoms with Crippen LogP contribution in [0.2, 0.25) is 0 Å². The summed E-state index contributed by atoms with van der Waals surface area (Å²) in [6.45, 7) is 4.25. The molecule has 6 heteroatoms. The molecular formula is C25H21FN2O3. The van der Waals surface area contributed by atoms with Gasteiger partial charge in [0.2, 0.25) is 0 Å². The molecule has 4 rings (SSSR count). The van der Waals surface area contributed by atoms with Crippen LogP contribution in [-0.2, 0) is 9.59 Å². The van der Waals surface area contributed by atoms with Gasteiger partial charge in [-0.3, -0.25) is 9.59 Å². The predicted molar refractivity (Wildman–Crippen MR) is 118 cm³/mol. The van der Waals surface area contributed by atoms with Crippen molar-refractivity contribution in [3.8, 4) is 5.75 Å². The van der Waals surface area contributed by atoms with Crippen LogP contribution in [0, 0.1) is 12.7 Å². The number of nitrogens with one attached hydrogen (secondary N) is 1. The monoisotopic (exact) mass is 416 g/mol. The van der Waals surface area contributed by atoms with Crippen LogP contribution in [0.5, 0.6) is 5.75 Å². The van der Waals surface area contributed by atoms with Crippen molar-refractivity contribution in [2.45, 2.75) is 13.8 Å². The van der Waals surface area contributed by atoms with Crippen LogP contribution in [-0.4, -0.2) is 18.4 Å². The highest BCUT2D eigenvalue weighted by Gasteiger charge is 2.40. The number of halogens is 1. The average molecular weight is 416 g/mol. The molecule has 0 fully saturated rings. The Balaban J connectivity index is 1.83. The van der Waals surface area contributed by atoms with Crippen molar-refractivity contribution in [1.82, 2.24) is 0 Å². The van der Waals surface area contributed by atoms with Gasteiger partial charge in [-0.1, -0.05) is 48.0 Å². The maximum atomic E-state index is 13.8. The van der Waals surface area contributed by atoms with Crippen molar-refractivity contribution in [2.75, 3.05) is 16.8 Å². The van der Waals surface area contributed by atoms with Crippen molar-refractivity contribution < 1.29 is 18.7 Å². The van der Waals surface area contributed by atoms with Crippen molar-refractivity contribution in [3.63, 3.8) is 0 Å². The Morgan fingerprint density at radius 2 is 1.68 bits per heavy atom. The van der Waals surface area contributed by atoms with Crippen molar-refractivity contribution in [1.29, 1.82) is 0 Å². The van der Waals surface area contributed by atoms with Crippen LogP contribution in [0.4, 0.5) is 15.8 Å². The van der Waals surface area contributed by atoms with Crippen LogP contribution in [0.3, 0.4) is 0 Å². The Labute approximate surface area is 179 Å². The number of rotatable bonds is 6. The highest BCUT2D eigenvalue weighted by Crippen LogP contribution is 2.35. The number of para-hydroxylation sites is 2. The number of hydrogen-bond acceptors (Lipinski definition) is 4. The van der Waals surface area contributed by atoms with Crippen LogP contribution in [0.25, 0.3) is 5.57 Å². The Morgan fingerprint density at radius 1 is 0.935 bits per heavy atom. The van der Waals surface area contributed by atoms with E-state index in [4.69, 9.17) is 4.74 Å². The molecule has 1 aliphatic heterocycles. The molecule has 1 heterocycles. The molecule has 0 unspecified atom stereocenters. The van der Waals surface area contributed by atoms with Gasteiger partial charge in [-0.25, -0.2) is 9.29 Å². The number of anilines is 2. The molecule has 0 aliphatic carbocycles. The van der Waals surface area contributed by atoms with Gasteiger partial charge in [0, 0.05) is 0 Å². The third-order valence-corrected chi connectivity index (χ3v) is 4.94. The number of amides is 2. The van der Waals surface area contributed by atoms with Gasteiger partial charge in [-0.05, 0) is 49.7 Å². The zero-order valence-electron chi connectivity index (χ0n) is 17.2. The molecule has 0 saturated carbocycles. The van der Waals surface area contributed by atoms with Crippen LogP contribution in [0.15, 0.2) is 78.5 Å². The van der Waals surface area contributed by atoms with Crippen LogP contribution < -0.4 is 15.0 Å². The molecule has 156 valence electrons. The van der Waals surface area contributed by atoms with Gasteiger partial charge < -0.3 is 10.1 Å². The molecule has 3 aromatic rings. The number of carbonyl (C=O) groups excluding carboxylic acids is 2. The predicted octanol–water partition coefficient (Wildman–Crippen LogP) is 4.93. The highest BCUT2D eigenvalue weighted by molar-refractivity contribution is 6.46. The van der Waals surface area contributed by atoms with E-state index in [1.807, 2.05) is 38.1 Å². The molecule has 31 heavy (non-hydrogen) atoms. The van der Waals surface area contributed by atoms with Gasteiger partial charge >= 0.3 is 0 Å². The van der Waals surface area contributed by atoms with E-state index >= 15 is 0 Å². The molecule has 3 aromatic carbocycles.